The number of benzene rings is 1. The zero-order valence-electron chi connectivity index (χ0n) is 15.2. The highest BCUT2D eigenvalue weighted by Gasteiger charge is 2.25. The van der Waals surface area contributed by atoms with E-state index in [4.69, 9.17) is 4.42 Å². The highest BCUT2D eigenvalue weighted by atomic mass is 16.3. The second-order valence-electron chi connectivity index (χ2n) is 7.11. The van der Waals surface area contributed by atoms with E-state index in [0.29, 0.717) is 39.1 Å². The van der Waals surface area contributed by atoms with Crippen molar-refractivity contribution in [1.82, 2.24) is 15.1 Å². The largest absolute Gasteiger partial charge is 0.464 e. The molecule has 1 aromatic heterocycles. The van der Waals surface area contributed by atoms with Crippen LogP contribution in [0.4, 0.5) is 4.79 Å². The van der Waals surface area contributed by atoms with Gasteiger partial charge in [-0.1, -0.05) is 0 Å². The average molecular weight is 355 g/mol. The molecule has 0 radical (unpaired) electrons. The molecule has 26 heavy (non-hydrogen) atoms. The molecule has 0 spiro atoms. The Labute approximate surface area is 153 Å². The lowest BCUT2D eigenvalue weighted by Gasteiger charge is -2.34. The van der Waals surface area contributed by atoms with Gasteiger partial charge >= 0.3 is 6.03 Å². The number of fused-ring (bicyclic) bond motifs is 2. The van der Waals surface area contributed by atoms with Crippen LogP contribution in [0.15, 0.2) is 22.8 Å². The second-order valence-corrected chi connectivity index (χ2v) is 7.11. The molecule has 0 unspecified atom stereocenters. The molecule has 0 bridgehead atoms. The summed E-state index contributed by atoms with van der Waals surface area (Å²) in [5.41, 5.74) is 4.62. The molecular weight excluding hydrogens is 330 g/mol. The fourth-order valence-electron chi connectivity index (χ4n) is 3.98. The summed E-state index contributed by atoms with van der Waals surface area (Å²) in [6.45, 7) is 4.86. The first kappa shape index (κ1) is 16.9. The van der Waals surface area contributed by atoms with E-state index in [1.165, 1.54) is 17.5 Å². The van der Waals surface area contributed by atoms with E-state index < -0.39 is 0 Å². The fraction of sp³-hybridized carbons (Fsp3) is 0.500. The van der Waals surface area contributed by atoms with Crippen LogP contribution in [0.25, 0.3) is 11.0 Å². The molecule has 1 N–H and O–H groups in total. The topological polar surface area (TPSA) is 65.8 Å². The van der Waals surface area contributed by atoms with E-state index in [2.05, 4.69) is 17.4 Å². The predicted octanol–water partition coefficient (Wildman–Crippen LogP) is 2.34. The number of aryl methyl sites for hydroxylation is 2. The van der Waals surface area contributed by atoms with Crippen molar-refractivity contribution in [3.63, 3.8) is 0 Å². The summed E-state index contributed by atoms with van der Waals surface area (Å²) >= 11 is 0. The lowest BCUT2D eigenvalue weighted by Crippen LogP contribution is -2.53. The van der Waals surface area contributed by atoms with Gasteiger partial charge in [-0.2, -0.15) is 0 Å². The van der Waals surface area contributed by atoms with Crippen LogP contribution in [-0.2, 0) is 24.1 Å². The lowest BCUT2D eigenvalue weighted by atomic mass is 10.0. The van der Waals surface area contributed by atoms with E-state index in [1.807, 2.05) is 11.8 Å². The van der Waals surface area contributed by atoms with Gasteiger partial charge in [0.1, 0.15) is 5.58 Å². The zero-order chi connectivity index (χ0) is 18.1. The number of carbonyl (C=O) groups excluding carboxylic acids is 2. The van der Waals surface area contributed by atoms with Crippen LogP contribution in [0.2, 0.25) is 0 Å². The van der Waals surface area contributed by atoms with Gasteiger partial charge in [-0.15, -0.1) is 0 Å². The summed E-state index contributed by atoms with van der Waals surface area (Å²) < 4.78 is 5.71. The third-order valence-corrected chi connectivity index (χ3v) is 5.46. The number of hydrogen-bond acceptors (Lipinski definition) is 3. The van der Waals surface area contributed by atoms with E-state index in [9.17, 15) is 9.59 Å². The molecule has 2 heterocycles. The van der Waals surface area contributed by atoms with Crippen LogP contribution >= 0.6 is 0 Å². The van der Waals surface area contributed by atoms with Crippen LogP contribution in [-0.4, -0.2) is 54.5 Å². The maximum atomic E-state index is 12.7. The minimum Gasteiger partial charge on any atom is -0.464 e. The van der Waals surface area contributed by atoms with E-state index >= 15 is 0 Å². The Bertz CT molecular complexity index is 834. The molecular formula is C20H25N3O3. The molecule has 1 aliphatic carbocycles. The molecule has 0 atom stereocenters. The van der Waals surface area contributed by atoms with Gasteiger partial charge in [0, 0.05) is 43.7 Å². The first-order valence-electron chi connectivity index (χ1n) is 9.48. The van der Waals surface area contributed by atoms with E-state index in [0.717, 1.165) is 29.4 Å². The van der Waals surface area contributed by atoms with Gasteiger partial charge in [0.15, 0.2) is 0 Å². The third-order valence-electron chi connectivity index (χ3n) is 5.46. The van der Waals surface area contributed by atoms with Crippen molar-refractivity contribution in [1.29, 1.82) is 0 Å². The summed E-state index contributed by atoms with van der Waals surface area (Å²) in [6, 6.07) is 4.29. The molecule has 2 aromatic rings. The van der Waals surface area contributed by atoms with Crippen molar-refractivity contribution in [3.05, 3.63) is 35.1 Å². The molecule has 4 rings (SSSR count). The van der Waals surface area contributed by atoms with Gasteiger partial charge in [-0.3, -0.25) is 4.79 Å². The Morgan fingerprint density at radius 2 is 1.77 bits per heavy atom. The van der Waals surface area contributed by atoms with E-state index in [-0.39, 0.29) is 11.9 Å². The van der Waals surface area contributed by atoms with Crippen molar-refractivity contribution in [2.45, 2.75) is 32.6 Å². The molecule has 1 aromatic carbocycles. The number of carbonyl (C=O) groups is 2. The van der Waals surface area contributed by atoms with Gasteiger partial charge in [-0.05, 0) is 49.4 Å². The van der Waals surface area contributed by atoms with Crippen molar-refractivity contribution in [2.75, 3.05) is 32.7 Å². The number of piperazine rings is 1. The minimum atomic E-state index is -0.0470. The maximum Gasteiger partial charge on any atom is 0.317 e. The highest BCUT2D eigenvalue weighted by Crippen LogP contribution is 2.30. The standard InChI is InChI=1S/C20H25N3O3/c1-2-21-20(25)23-8-6-22(7-9-23)19(24)12-16-13-26-18-11-15-5-3-4-14(15)10-17(16)18/h10-11,13H,2-9,12H2,1H3,(H,21,25). The fourth-order valence-corrected chi connectivity index (χ4v) is 3.98. The molecule has 3 amide bonds. The van der Waals surface area contributed by atoms with Crippen LogP contribution in [0.5, 0.6) is 0 Å². The number of amides is 3. The smallest absolute Gasteiger partial charge is 0.317 e. The number of furan rings is 1. The minimum absolute atomic E-state index is 0.0470. The lowest BCUT2D eigenvalue weighted by molar-refractivity contribution is -0.131. The molecule has 6 nitrogen and oxygen atoms in total. The van der Waals surface area contributed by atoms with Crippen LogP contribution < -0.4 is 5.32 Å². The molecule has 2 aliphatic rings. The molecule has 0 saturated carbocycles. The van der Waals surface area contributed by atoms with Crippen LogP contribution in [0, 0.1) is 0 Å². The van der Waals surface area contributed by atoms with Crippen LogP contribution in [0.3, 0.4) is 0 Å². The van der Waals surface area contributed by atoms with Gasteiger partial charge in [-0.25, -0.2) is 4.79 Å². The summed E-state index contributed by atoms with van der Waals surface area (Å²) in [6.07, 6.45) is 5.52. The maximum absolute atomic E-state index is 12.7. The van der Waals surface area contributed by atoms with Gasteiger partial charge in [0.05, 0.1) is 12.7 Å². The normalized spacial score (nSPS) is 16.8. The number of urea groups is 1. The molecule has 1 aliphatic heterocycles. The molecule has 6 heteroatoms. The highest BCUT2D eigenvalue weighted by molar-refractivity contribution is 5.89. The van der Waals surface area contributed by atoms with E-state index in [1.54, 1.807) is 11.2 Å². The van der Waals surface area contributed by atoms with Gasteiger partial charge < -0.3 is 19.5 Å². The van der Waals surface area contributed by atoms with Gasteiger partial charge in [0.2, 0.25) is 5.91 Å². The summed E-state index contributed by atoms with van der Waals surface area (Å²) in [7, 11) is 0. The van der Waals surface area contributed by atoms with Crippen LogP contribution in [0.1, 0.15) is 30.0 Å². The quantitative estimate of drug-likeness (QED) is 0.919. The number of nitrogens with zero attached hydrogens (tertiary/aromatic N) is 2. The zero-order valence-corrected chi connectivity index (χ0v) is 15.2. The molecule has 1 saturated heterocycles. The Hall–Kier alpha value is -2.50. The summed E-state index contributed by atoms with van der Waals surface area (Å²) in [5, 5.41) is 3.88. The number of hydrogen-bond donors (Lipinski definition) is 1. The van der Waals surface area contributed by atoms with Gasteiger partial charge in [0.25, 0.3) is 0 Å². The Morgan fingerprint density at radius 1 is 1.08 bits per heavy atom. The average Bonchev–Trinajstić information content (AvgIpc) is 3.27. The summed E-state index contributed by atoms with van der Waals surface area (Å²) in [5.74, 6) is 0.101. The van der Waals surface area contributed by atoms with Crippen molar-refractivity contribution in [2.24, 2.45) is 0 Å². The molecule has 1 fully saturated rings. The third kappa shape index (κ3) is 3.16. The summed E-state index contributed by atoms with van der Waals surface area (Å²) in [4.78, 5) is 28.2. The second kappa shape index (κ2) is 7.02. The Kier molecular flexibility index (Phi) is 4.57. The number of nitrogens with one attached hydrogen (secondary N) is 1. The number of rotatable bonds is 3. The van der Waals surface area contributed by atoms with Crippen molar-refractivity contribution < 1.29 is 14.0 Å². The Balaban J connectivity index is 1.41. The first-order valence-corrected chi connectivity index (χ1v) is 9.48. The Morgan fingerprint density at radius 3 is 2.50 bits per heavy atom. The molecule has 138 valence electrons. The van der Waals surface area contributed by atoms with Crippen molar-refractivity contribution >= 4 is 22.9 Å². The predicted molar refractivity (Wildman–Crippen MR) is 99.2 cm³/mol. The van der Waals surface area contributed by atoms with Crippen molar-refractivity contribution in [3.8, 4) is 0 Å². The first-order chi connectivity index (χ1) is 12.7. The SMILES string of the molecule is CCNC(=O)N1CCN(C(=O)Cc2coc3cc4c(cc23)CCC4)CC1. The monoisotopic (exact) mass is 355 g/mol.